The summed E-state index contributed by atoms with van der Waals surface area (Å²) >= 11 is 0. The first-order chi connectivity index (χ1) is 11.4. The Bertz CT molecular complexity index is 816. The fraction of sp³-hybridized carbons (Fsp3) is 0.368. The van der Waals surface area contributed by atoms with Crippen molar-refractivity contribution in [3.05, 3.63) is 65.5 Å². The van der Waals surface area contributed by atoms with Crippen LogP contribution >= 0.6 is 0 Å². The van der Waals surface area contributed by atoms with E-state index in [-0.39, 0.29) is 10.7 Å². The Morgan fingerprint density at radius 2 is 1.75 bits per heavy atom. The molecular formula is C19H22FNO2S. The van der Waals surface area contributed by atoms with Gasteiger partial charge in [-0.15, -0.1) is 0 Å². The molecule has 0 radical (unpaired) electrons. The smallest absolute Gasteiger partial charge is 0.207 e. The summed E-state index contributed by atoms with van der Waals surface area (Å²) in [4.78, 5) is 0.273. The summed E-state index contributed by atoms with van der Waals surface area (Å²) < 4.78 is 41.6. The molecule has 0 aromatic heterocycles. The zero-order valence-electron chi connectivity index (χ0n) is 13.9. The molecule has 0 N–H and O–H groups in total. The monoisotopic (exact) mass is 347 g/mol. The zero-order chi connectivity index (χ0) is 17.3. The molecule has 1 unspecified atom stereocenters. The second kappa shape index (κ2) is 6.65. The third-order valence-corrected chi connectivity index (χ3v) is 6.54. The highest BCUT2D eigenvalue weighted by Crippen LogP contribution is 2.37. The summed E-state index contributed by atoms with van der Waals surface area (Å²) in [5, 5.41) is 0. The van der Waals surface area contributed by atoms with Gasteiger partial charge in [0.25, 0.3) is 0 Å². The van der Waals surface area contributed by atoms with Crippen molar-refractivity contribution in [1.82, 2.24) is 4.31 Å². The quantitative estimate of drug-likeness (QED) is 0.818. The molecular weight excluding hydrogens is 325 g/mol. The highest BCUT2D eigenvalue weighted by atomic mass is 32.2. The Morgan fingerprint density at radius 3 is 2.38 bits per heavy atom. The average Bonchev–Trinajstić information content (AvgIpc) is 3.05. The van der Waals surface area contributed by atoms with E-state index in [1.165, 1.54) is 10.4 Å². The van der Waals surface area contributed by atoms with Crippen LogP contribution in [0.5, 0.6) is 0 Å². The standard InChI is InChI=1S/C19H22FNO2S/c1-14(2)15-9-11-16(12-10-15)24(22,23)21-13-5-8-19(21)17-6-3-4-7-18(17)20/h3-4,6-7,9-12,14,19H,5,8,13H2,1-2H3. The topological polar surface area (TPSA) is 37.4 Å². The van der Waals surface area contributed by atoms with Gasteiger partial charge in [0.2, 0.25) is 10.0 Å². The van der Waals surface area contributed by atoms with E-state index in [1.807, 2.05) is 12.1 Å². The van der Waals surface area contributed by atoms with E-state index in [1.54, 1.807) is 30.3 Å². The minimum Gasteiger partial charge on any atom is -0.207 e. The predicted octanol–water partition coefficient (Wildman–Crippen LogP) is 4.47. The van der Waals surface area contributed by atoms with Crippen LogP contribution in [0.4, 0.5) is 4.39 Å². The van der Waals surface area contributed by atoms with E-state index in [0.29, 0.717) is 24.4 Å². The molecule has 2 aromatic carbocycles. The van der Waals surface area contributed by atoms with Crippen LogP contribution in [0.1, 0.15) is 49.8 Å². The molecule has 1 aliphatic heterocycles. The first-order valence-electron chi connectivity index (χ1n) is 8.27. The summed E-state index contributed by atoms with van der Waals surface area (Å²) in [6, 6.07) is 13.0. The minimum atomic E-state index is -3.63. The first kappa shape index (κ1) is 17.1. The molecule has 24 heavy (non-hydrogen) atoms. The summed E-state index contributed by atoms with van der Waals surface area (Å²) in [5.41, 5.74) is 1.55. The van der Waals surface area contributed by atoms with Gasteiger partial charge in [-0.05, 0) is 42.5 Å². The molecule has 3 nitrogen and oxygen atoms in total. The van der Waals surface area contributed by atoms with Gasteiger partial charge in [-0.1, -0.05) is 44.2 Å². The van der Waals surface area contributed by atoms with Crippen LogP contribution in [-0.4, -0.2) is 19.3 Å². The Kier molecular flexibility index (Phi) is 4.74. The average molecular weight is 347 g/mol. The largest absolute Gasteiger partial charge is 0.243 e. The summed E-state index contributed by atoms with van der Waals surface area (Å²) in [5.74, 6) is -0.000500. The van der Waals surface area contributed by atoms with Gasteiger partial charge in [-0.2, -0.15) is 4.31 Å². The molecule has 0 spiro atoms. The van der Waals surface area contributed by atoms with E-state index in [2.05, 4.69) is 13.8 Å². The van der Waals surface area contributed by atoms with Gasteiger partial charge in [-0.25, -0.2) is 12.8 Å². The third-order valence-electron chi connectivity index (χ3n) is 4.62. The molecule has 1 saturated heterocycles. The fourth-order valence-electron chi connectivity index (χ4n) is 3.24. The van der Waals surface area contributed by atoms with Gasteiger partial charge in [0, 0.05) is 12.1 Å². The Morgan fingerprint density at radius 1 is 1.08 bits per heavy atom. The van der Waals surface area contributed by atoms with Crippen LogP contribution in [0, 0.1) is 5.82 Å². The maximum atomic E-state index is 14.1. The van der Waals surface area contributed by atoms with Crippen molar-refractivity contribution in [3.63, 3.8) is 0 Å². The molecule has 2 aromatic rings. The van der Waals surface area contributed by atoms with Crippen LogP contribution < -0.4 is 0 Å². The molecule has 1 atom stereocenters. The molecule has 3 rings (SSSR count). The van der Waals surface area contributed by atoms with Gasteiger partial charge in [0.15, 0.2) is 0 Å². The maximum absolute atomic E-state index is 14.1. The lowest BCUT2D eigenvalue weighted by atomic mass is 10.0. The molecule has 1 heterocycles. The van der Waals surface area contributed by atoms with Gasteiger partial charge in [-0.3, -0.25) is 0 Å². The number of sulfonamides is 1. The normalized spacial score (nSPS) is 19.1. The Labute approximate surface area is 143 Å². The van der Waals surface area contributed by atoms with Crippen LogP contribution in [0.15, 0.2) is 53.4 Å². The van der Waals surface area contributed by atoms with E-state index < -0.39 is 16.1 Å². The molecule has 1 aliphatic rings. The van der Waals surface area contributed by atoms with E-state index in [4.69, 9.17) is 0 Å². The van der Waals surface area contributed by atoms with Crippen molar-refractivity contribution >= 4 is 10.0 Å². The van der Waals surface area contributed by atoms with Gasteiger partial charge in [0.1, 0.15) is 5.82 Å². The lowest BCUT2D eigenvalue weighted by Crippen LogP contribution is -2.31. The van der Waals surface area contributed by atoms with Crippen molar-refractivity contribution < 1.29 is 12.8 Å². The van der Waals surface area contributed by atoms with E-state index >= 15 is 0 Å². The number of rotatable bonds is 4. The van der Waals surface area contributed by atoms with Crippen LogP contribution in [0.3, 0.4) is 0 Å². The molecule has 0 aliphatic carbocycles. The minimum absolute atomic E-state index is 0.273. The lowest BCUT2D eigenvalue weighted by Gasteiger charge is -2.25. The Balaban J connectivity index is 1.95. The molecule has 0 saturated carbocycles. The van der Waals surface area contributed by atoms with Gasteiger partial charge < -0.3 is 0 Å². The second-order valence-corrected chi connectivity index (χ2v) is 8.41. The first-order valence-corrected chi connectivity index (χ1v) is 9.71. The number of nitrogens with zero attached hydrogens (tertiary/aromatic N) is 1. The van der Waals surface area contributed by atoms with Gasteiger partial charge >= 0.3 is 0 Å². The fourth-order valence-corrected chi connectivity index (χ4v) is 4.92. The number of benzene rings is 2. The lowest BCUT2D eigenvalue weighted by molar-refractivity contribution is 0.386. The van der Waals surface area contributed by atoms with Crippen molar-refractivity contribution in [1.29, 1.82) is 0 Å². The van der Waals surface area contributed by atoms with Crippen LogP contribution in [0.25, 0.3) is 0 Å². The molecule has 128 valence electrons. The van der Waals surface area contributed by atoms with E-state index in [9.17, 15) is 12.8 Å². The third kappa shape index (κ3) is 3.10. The number of hydrogen-bond donors (Lipinski definition) is 0. The predicted molar refractivity (Wildman–Crippen MR) is 92.8 cm³/mol. The summed E-state index contributed by atoms with van der Waals surface area (Å²) in [6.45, 7) is 4.56. The van der Waals surface area contributed by atoms with Crippen molar-refractivity contribution in [2.45, 2.75) is 43.5 Å². The van der Waals surface area contributed by atoms with E-state index in [0.717, 1.165) is 12.0 Å². The van der Waals surface area contributed by atoms with Crippen molar-refractivity contribution in [2.75, 3.05) is 6.54 Å². The van der Waals surface area contributed by atoms with Crippen molar-refractivity contribution in [3.8, 4) is 0 Å². The van der Waals surface area contributed by atoms with Crippen LogP contribution in [-0.2, 0) is 10.0 Å². The highest BCUT2D eigenvalue weighted by Gasteiger charge is 2.37. The maximum Gasteiger partial charge on any atom is 0.243 e. The van der Waals surface area contributed by atoms with Crippen LogP contribution in [0.2, 0.25) is 0 Å². The molecule has 1 fully saturated rings. The highest BCUT2D eigenvalue weighted by molar-refractivity contribution is 7.89. The van der Waals surface area contributed by atoms with Gasteiger partial charge in [0.05, 0.1) is 10.9 Å². The van der Waals surface area contributed by atoms with Crippen molar-refractivity contribution in [2.24, 2.45) is 0 Å². The SMILES string of the molecule is CC(C)c1ccc(S(=O)(=O)N2CCCC2c2ccccc2F)cc1. The molecule has 5 heteroatoms. The Hall–Kier alpha value is -1.72. The summed E-state index contributed by atoms with van der Waals surface area (Å²) in [6.07, 6.45) is 1.38. The summed E-state index contributed by atoms with van der Waals surface area (Å²) in [7, 11) is -3.63. The second-order valence-electron chi connectivity index (χ2n) is 6.52. The zero-order valence-corrected chi connectivity index (χ0v) is 14.8. The molecule has 0 amide bonds. The number of halogens is 1. The number of hydrogen-bond acceptors (Lipinski definition) is 2. The molecule has 0 bridgehead atoms.